The molecule has 2 fully saturated rings. The number of aliphatic hydroxyl groups excluding tert-OH is 1. The van der Waals surface area contributed by atoms with E-state index in [1.807, 2.05) is 31.2 Å². The highest BCUT2D eigenvalue weighted by Gasteiger charge is 2.47. The van der Waals surface area contributed by atoms with E-state index in [2.05, 4.69) is 10.3 Å². The third-order valence-electron chi connectivity index (χ3n) is 8.01. The number of benzene rings is 2. The minimum atomic E-state index is -5.03. The number of carbonyl (C=O) groups excluding carboxylic acids is 2. The molecular weight excluding hydrogens is 624 g/mol. The van der Waals surface area contributed by atoms with Crippen molar-refractivity contribution in [2.24, 2.45) is 5.92 Å². The second-order valence-corrected chi connectivity index (χ2v) is 11.6. The zero-order valence-corrected chi connectivity index (χ0v) is 25.1. The van der Waals surface area contributed by atoms with Gasteiger partial charge >= 0.3 is 12.1 Å². The van der Waals surface area contributed by atoms with Crippen LogP contribution in [0.1, 0.15) is 54.4 Å². The number of aliphatic hydroxyl groups is 1. The lowest BCUT2D eigenvalue weighted by molar-refractivity contribution is -0.276. The van der Waals surface area contributed by atoms with Gasteiger partial charge in [0.1, 0.15) is 11.2 Å². The van der Waals surface area contributed by atoms with Crippen molar-refractivity contribution in [3.05, 3.63) is 87.4 Å². The van der Waals surface area contributed by atoms with Gasteiger partial charge in [-0.1, -0.05) is 78.7 Å². The van der Waals surface area contributed by atoms with Crippen molar-refractivity contribution < 1.29 is 37.3 Å². The van der Waals surface area contributed by atoms with Gasteiger partial charge in [0.15, 0.2) is 11.4 Å². The van der Waals surface area contributed by atoms with Crippen molar-refractivity contribution in [3.63, 3.8) is 0 Å². The molecule has 5 rings (SSSR count). The summed E-state index contributed by atoms with van der Waals surface area (Å²) in [5.41, 5.74) is 3.09. The molecule has 3 heterocycles. The van der Waals surface area contributed by atoms with Gasteiger partial charge in [-0.25, -0.2) is 4.98 Å². The van der Waals surface area contributed by atoms with Crippen molar-refractivity contribution in [1.82, 2.24) is 19.8 Å². The molecule has 0 aliphatic carbocycles. The number of nitrogens with one attached hydrogen (secondary N) is 1. The van der Waals surface area contributed by atoms with Crippen LogP contribution >= 0.6 is 23.2 Å². The van der Waals surface area contributed by atoms with Crippen molar-refractivity contribution in [2.75, 3.05) is 6.54 Å². The van der Waals surface area contributed by atoms with Gasteiger partial charge in [-0.3, -0.25) is 9.59 Å². The Kier molecular flexibility index (Phi) is 9.86. The van der Waals surface area contributed by atoms with E-state index in [0.29, 0.717) is 34.1 Å². The molecule has 0 spiro atoms. The maximum Gasteiger partial charge on any atom is 0.471 e. The molecule has 9 nitrogen and oxygen atoms in total. The van der Waals surface area contributed by atoms with Gasteiger partial charge < -0.3 is 29.4 Å². The van der Waals surface area contributed by atoms with Crippen LogP contribution in [0.25, 0.3) is 0 Å². The van der Waals surface area contributed by atoms with Crippen LogP contribution < -0.4 is 5.32 Å². The number of halogens is 5. The fourth-order valence-corrected chi connectivity index (χ4v) is 5.85. The summed E-state index contributed by atoms with van der Waals surface area (Å²) < 4.78 is 53.4. The Balaban J connectivity index is 1.29. The summed E-state index contributed by atoms with van der Waals surface area (Å²) in [6.07, 6.45) is -4.48. The zero-order chi connectivity index (χ0) is 31.6. The molecule has 1 aromatic heterocycles. The summed E-state index contributed by atoms with van der Waals surface area (Å²) in [7, 11) is 0. The van der Waals surface area contributed by atoms with Crippen molar-refractivity contribution >= 4 is 35.0 Å². The number of hydrogen-bond donors (Lipinski definition) is 2. The molecule has 14 heteroatoms. The van der Waals surface area contributed by atoms with Crippen molar-refractivity contribution in [1.29, 1.82) is 0 Å². The lowest BCUT2D eigenvalue weighted by Gasteiger charge is -2.41. The highest BCUT2D eigenvalue weighted by atomic mass is 35.5. The average Bonchev–Trinajstić information content (AvgIpc) is 3.63. The fraction of sp³-hybridized carbons (Fsp3) is 0.433. The SMILES string of the molecule is CC1C(Cn2cnc(Cl)c2Cl)OC(c2ccc(CNC(=O)C3CCCN3C(=O)C(F)(F)F)cc2)OC1c1ccc(CO)cc1. The summed E-state index contributed by atoms with van der Waals surface area (Å²) in [6, 6.07) is 13.4. The Bertz CT molecular complexity index is 1470. The van der Waals surface area contributed by atoms with Gasteiger partial charge in [0, 0.05) is 24.6 Å². The van der Waals surface area contributed by atoms with E-state index in [4.69, 9.17) is 32.7 Å². The Morgan fingerprint density at radius 3 is 2.32 bits per heavy atom. The summed E-state index contributed by atoms with van der Waals surface area (Å²) in [6.45, 7) is 2.25. The standard InChI is InChI=1S/C30H31Cl2F3N4O5/c1-17-23(14-38-16-37-25(31)26(38)32)43-28(44-24(17)20-8-6-19(15-40)7-9-20)21-10-4-18(5-11-21)13-36-27(41)22-3-2-12-39(22)29(42)30(33,34)35/h4-11,16-17,22-24,28,40H,2-3,12-15H2,1H3,(H,36,41). The summed E-state index contributed by atoms with van der Waals surface area (Å²) in [5.74, 6) is -2.74. The van der Waals surface area contributed by atoms with Crippen LogP contribution in [0, 0.1) is 5.92 Å². The normalized spacial score (nSPS) is 24.0. The topological polar surface area (TPSA) is 106 Å². The van der Waals surface area contributed by atoms with Crippen LogP contribution in [0.3, 0.4) is 0 Å². The number of likely N-dealkylation sites (tertiary alicyclic amines) is 1. The van der Waals surface area contributed by atoms with Crippen molar-refractivity contribution in [3.8, 4) is 0 Å². The largest absolute Gasteiger partial charge is 0.471 e. The molecule has 3 aromatic rings. The van der Waals surface area contributed by atoms with Gasteiger partial charge in [-0.05, 0) is 29.5 Å². The summed E-state index contributed by atoms with van der Waals surface area (Å²) in [5, 5.41) is 12.6. The maximum atomic E-state index is 12.9. The van der Waals surface area contributed by atoms with Gasteiger partial charge in [-0.15, -0.1) is 0 Å². The molecular formula is C30H31Cl2F3N4O5. The minimum Gasteiger partial charge on any atom is -0.392 e. The third-order valence-corrected chi connectivity index (χ3v) is 8.78. The highest BCUT2D eigenvalue weighted by molar-refractivity contribution is 6.40. The minimum absolute atomic E-state index is 0.0649. The quantitative estimate of drug-likeness (QED) is 0.340. The van der Waals surface area contributed by atoms with Crippen molar-refractivity contribution in [2.45, 2.75) is 70.2 Å². The molecule has 5 unspecified atom stereocenters. The number of ether oxygens (including phenoxy) is 2. The van der Waals surface area contributed by atoms with Crippen LogP contribution in [0.15, 0.2) is 54.9 Å². The smallest absolute Gasteiger partial charge is 0.392 e. The van der Waals surface area contributed by atoms with E-state index in [1.165, 1.54) is 0 Å². The van der Waals surface area contributed by atoms with E-state index in [-0.39, 0.29) is 49.4 Å². The lowest BCUT2D eigenvalue weighted by atomic mass is 9.90. The van der Waals surface area contributed by atoms with E-state index >= 15 is 0 Å². The maximum absolute atomic E-state index is 12.9. The monoisotopic (exact) mass is 654 g/mol. The predicted octanol–water partition coefficient (Wildman–Crippen LogP) is 5.34. The second-order valence-electron chi connectivity index (χ2n) is 10.9. The predicted molar refractivity (Wildman–Crippen MR) is 154 cm³/mol. The molecule has 0 bridgehead atoms. The number of imidazole rings is 1. The van der Waals surface area contributed by atoms with Crippen LogP contribution in [0.5, 0.6) is 0 Å². The first-order valence-corrected chi connectivity index (χ1v) is 14.8. The molecule has 2 aliphatic heterocycles. The second kappa shape index (κ2) is 13.5. The summed E-state index contributed by atoms with van der Waals surface area (Å²) >= 11 is 12.4. The van der Waals surface area contributed by atoms with E-state index in [0.717, 1.165) is 11.1 Å². The number of hydrogen-bond acceptors (Lipinski definition) is 6. The average molecular weight is 656 g/mol. The Hall–Kier alpha value is -3.16. The van der Waals surface area contributed by atoms with Gasteiger partial charge in [0.25, 0.3) is 0 Å². The fourth-order valence-electron chi connectivity index (χ4n) is 5.54. The molecule has 44 heavy (non-hydrogen) atoms. The molecule has 2 amide bonds. The number of nitrogens with zero attached hydrogens (tertiary/aromatic N) is 3. The highest BCUT2D eigenvalue weighted by Crippen LogP contribution is 2.42. The number of alkyl halides is 3. The third kappa shape index (κ3) is 7.05. The first-order valence-electron chi connectivity index (χ1n) is 14.1. The van der Waals surface area contributed by atoms with Crippen LogP contribution in [-0.2, 0) is 38.8 Å². The van der Waals surface area contributed by atoms with Crippen LogP contribution in [0.4, 0.5) is 13.2 Å². The Labute approximate surface area is 261 Å². The number of aromatic nitrogens is 2. The Morgan fingerprint density at radius 1 is 1.05 bits per heavy atom. The molecule has 0 saturated carbocycles. The molecule has 2 saturated heterocycles. The first kappa shape index (κ1) is 32.2. The molecule has 2 aliphatic rings. The van der Waals surface area contributed by atoms with Gasteiger partial charge in [0.2, 0.25) is 5.91 Å². The number of amides is 2. The molecule has 2 aromatic carbocycles. The number of rotatable bonds is 8. The van der Waals surface area contributed by atoms with Gasteiger partial charge in [-0.2, -0.15) is 13.2 Å². The zero-order valence-electron chi connectivity index (χ0n) is 23.6. The van der Waals surface area contributed by atoms with E-state index in [9.17, 15) is 27.9 Å². The van der Waals surface area contributed by atoms with Crippen LogP contribution in [-0.4, -0.2) is 56.2 Å². The van der Waals surface area contributed by atoms with Gasteiger partial charge in [0.05, 0.1) is 31.7 Å². The molecule has 5 atom stereocenters. The molecule has 236 valence electrons. The summed E-state index contributed by atoms with van der Waals surface area (Å²) in [4.78, 5) is 29.0. The Morgan fingerprint density at radius 2 is 1.70 bits per heavy atom. The van der Waals surface area contributed by atoms with E-state index < -0.39 is 30.3 Å². The van der Waals surface area contributed by atoms with Crippen LogP contribution in [0.2, 0.25) is 10.3 Å². The van der Waals surface area contributed by atoms with E-state index in [1.54, 1.807) is 35.2 Å². The number of carbonyl (C=O) groups is 2. The molecule has 2 N–H and O–H groups in total. The first-order chi connectivity index (χ1) is 21.0. The molecule has 0 radical (unpaired) electrons. The lowest BCUT2D eigenvalue weighted by Crippen LogP contribution is -2.50.